The Morgan fingerprint density at radius 1 is 1.00 bits per heavy atom. The summed E-state index contributed by atoms with van der Waals surface area (Å²) in [5.74, 6) is 0.645. The number of alkyl halides is 3. The topological polar surface area (TPSA) is 79.0 Å². The number of urea groups is 1. The van der Waals surface area contributed by atoms with Crippen molar-refractivity contribution in [3.8, 4) is 5.75 Å². The molecule has 2 heterocycles. The molecule has 2 fully saturated rings. The lowest BCUT2D eigenvalue weighted by atomic mass is 9.72. The van der Waals surface area contributed by atoms with E-state index < -0.39 is 35.5 Å². The SMILES string of the molecule is CCC[C@@H](NC(=O)N1C(=O)C(CC)(CC)C1Oc1ccc(C(=O)N2CCC(C)CC2)cc1)c1ccc(C(F)(F)F)cc1. The van der Waals surface area contributed by atoms with Gasteiger partial charge in [0.15, 0.2) is 6.23 Å². The van der Waals surface area contributed by atoms with Gasteiger partial charge in [0.2, 0.25) is 5.91 Å². The molecule has 0 bridgehead atoms. The summed E-state index contributed by atoms with van der Waals surface area (Å²) < 4.78 is 45.4. The number of hydrogen-bond donors (Lipinski definition) is 1. The van der Waals surface area contributed by atoms with Gasteiger partial charge < -0.3 is 15.0 Å². The van der Waals surface area contributed by atoms with Crippen LogP contribution in [-0.2, 0) is 11.0 Å². The van der Waals surface area contributed by atoms with Gasteiger partial charge in [-0.25, -0.2) is 9.69 Å². The van der Waals surface area contributed by atoms with Crippen LogP contribution in [0.25, 0.3) is 0 Å². The van der Waals surface area contributed by atoms with Crippen LogP contribution >= 0.6 is 0 Å². The number of ether oxygens (including phenoxy) is 1. The van der Waals surface area contributed by atoms with Crippen LogP contribution in [0.5, 0.6) is 5.75 Å². The molecule has 2 aromatic rings. The first-order valence-electron chi connectivity index (χ1n) is 14.8. The Morgan fingerprint density at radius 3 is 2.12 bits per heavy atom. The molecule has 10 heteroatoms. The number of imide groups is 1. The van der Waals surface area contributed by atoms with Crippen molar-refractivity contribution in [3.05, 3.63) is 65.2 Å². The van der Waals surface area contributed by atoms with Crippen LogP contribution in [0.1, 0.15) is 93.7 Å². The molecular weight excluding hydrogens is 547 g/mol. The molecule has 2 atom stereocenters. The molecule has 2 saturated heterocycles. The molecule has 2 aliphatic rings. The van der Waals surface area contributed by atoms with E-state index in [0.29, 0.717) is 48.5 Å². The minimum absolute atomic E-state index is 0.0324. The molecule has 0 aromatic heterocycles. The normalized spacial score (nSPS) is 19.7. The van der Waals surface area contributed by atoms with Crippen LogP contribution in [0.4, 0.5) is 18.0 Å². The number of halogens is 3. The molecule has 228 valence electrons. The zero-order valence-corrected chi connectivity index (χ0v) is 24.7. The van der Waals surface area contributed by atoms with Gasteiger partial charge in [-0.1, -0.05) is 46.2 Å². The van der Waals surface area contributed by atoms with E-state index >= 15 is 0 Å². The number of carbonyl (C=O) groups excluding carboxylic acids is 3. The fourth-order valence-electron chi connectivity index (χ4n) is 5.83. The zero-order valence-electron chi connectivity index (χ0n) is 24.7. The lowest BCUT2D eigenvalue weighted by Gasteiger charge is -2.53. The van der Waals surface area contributed by atoms with Gasteiger partial charge in [-0.15, -0.1) is 0 Å². The highest BCUT2D eigenvalue weighted by Gasteiger charge is 2.63. The Morgan fingerprint density at radius 2 is 1.60 bits per heavy atom. The Kier molecular flexibility index (Phi) is 9.53. The van der Waals surface area contributed by atoms with Gasteiger partial charge in [0.25, 0.3) is 5.91 Å². The second kappa shape index (κ2) is 12.8. The Balaban J connectivity index is 1.50. The monoisotopic (exact) mass is 587 g/mol. The second-order valence-electron chi connectivity index (χ2n) is 11.4. The van der Waals surface area contributed by atoms with Crippen LogP contribution in [0, 0.1) is 11.3 Å². The minimum atomic E-state index is -4.46. The number of likely N-dealkylation sites (tertiary alicyclic amines) is 2. The minimum Gasteiger partial charge on any atom is -0.469 e. The van der Waals surface area contributed by atoms with E-state index in [-0.39, 0.29) is 11.8 Å². The van der Waals surface area contributed by atoms with Crippen LogP contribution in [0.15, 0.2) is 48.5 Å². The van der Waals surface area contributed by atoms with Crippen molar-refractivity contribution in [2.24, 2.45) is 11.3 Å². The van der Waals surface area contributed by atoms with Crippen LogP contribution in [0.3, 0.4) is 0 Å². The first kappa shape index (κ1) is 31.4. The summed E-state index contributed by atoms with van der Waals surface area (Å²) in [7, 11) is 0. The molecule has 7 nitrogen and oxygen atoms in total. The highest BCUT2D eigenvalue weighted by molar-refractivity contribution is 6.03. The first-order valence-corrected chi connectivity index (χ1v) is 14.8. The summed E-state index contributed by atoms with van der Waals surface area (Å²) >= 11 is 0. The highest BCUT2D eigenvalue weighted by Crippen LogP contribution is 2.46. The van der Waals surface area contributed by atoms with E-state index in [1.54, 1.807) is 24.3 Å². The lowest BCUT2D eigenvalue weighted by molar-refractivity contribution is -0.191. The molecule has 4 rings (SSSR count). The average molecular weight is 588 g/mol. The number of amides is 4. The van der Waals surface area contributed by atoms with E-state index in [2.05, 4.69) is 12.2 Å². The fourth-order valence-corrected chi connectivity index (χ4v) is 5.83. The highest BCUT2D eigenvalue weighted by atomic mass is 19.4. The number of nitrogens with zero attached hydrogens (tertiary/aromatic N) is 2. The van der Waals surface area contributed by atoms with E-state index in [1.165, 1.54) is 12.1 Å². The summed E-state index contributed by atoms with van der Waals surface area (Å²) in [6.07, 6.45) is -1.32. The summed E-state index contributed by atoms with van der Waals surface area (Å²) in [6.45, 7) is 9.30. The smallest absolute Gasteiger partial charge is 0.416 e. The predicted molar refractivity (Wildman–Crippen MR) is 153 cm³/mol. The first-order chi connectivity index (χ1) is 19.9. The number of rotatable bonds is 9. The molecule has 1 N–H and O–H groups in total. The third-order valence-electron chi connectivity index (χ3n) is 8.77. The number of piperidine rings is 1. The van der Waals surface area contributed by atoms with Crippen molar-refractivity contribution in [1.29, 1.82) is 0 Å². The van der Waals surface area contributed by atoms with Gasteiger partial charge in [0, 0.05) is 18.7 Å². The summed E-state index contributed by atoms with van der Waals surface area (Å²) in [5, 5.41) is 2.84. The number of hydrogen-bond acceptors (Lipinski definition) is 4. The Bertz CT molecular complexity index is 1250. The largest absolute Gasteiger partial charge is 0.469 e. The standard InChI is InChI=1S/C32H40F3N3O4/c1-5-8-26(22-9-13-24(14-10-22)32(33,34)35)36-30(41)38-28(40)31(6-2,7-3)29(38)42-25-15-11-23(12-16-25)27(39)37-19-17-21(4)18-20-37/h9-16,21,26,29H,5-8,17-20H2,1-4H3,(H,36,41)/t26-,29?/m1/s1. The van der Waals surface area contributed by atoms with Crippen molar-refractivity contribution in [2.45, 2.75) is 84.7 Å². The molecule has 0 spiro atoms. The molecule has 0 aliphatic carbocycles. The summed E-state index contributed by atoms with van der Waals surface area (Å²) in [5.41, 5.74) is -0.602. The maximum atomic E-state index is 13.5. The van der Waals surface area contributed by atoms with Crippen LogP contribution < -0.4 is 10.1 Å². The zero-order chi connectivity index (χ0) is 30.7. The van der Waals surface area contributed by atoms with Gasteiger partial charge in [0.05, 0.1) is 11.6 Å². The Hall–Kier alpha value is -3.56. The summed E-state index contributed by atoms with van der Waals surface area (Å²) in [4.78, 5) is 42.7. The fraction of sp³-hybridized carbons (Fsp3) is 0.531. The molecule has 2 aliphatic heterocycles. The molecule has 1 unspecified atom stereocenters. The molecule has 2 aromatic carbocycles. The maximum Gasteiger partial charge on any atom is 0.416 e. The van der Waals surface area contributed by atoms with Crippen molar-refractivity contribution in [1.82, 2.24) is 15.1 Å². The summed E-state index contributed by atoms with van der Waals surface area (Å²) in [6, 6.07) is 10.2. The maximum absolute atomic E-state index is 13.5. The van der Waals surface area contributed by atoms with Crippen LogP contribution in [-0.4, -0.2) is 47.0 Å². The molecule has 42 heavy (non-hydrogen) atoms. The third kappa shape index (κ3) is 6.27. The van der Waals surface area contributed by atoms with Crippen molar-refractivity contribution in [2.75, 3.05) is 13.1 Å². The van der Waals surface area contributed by atoms with Gasteiger partial charge in [-0.3, -0.25) is 9.59 Å². The number of benzene rings is 2. The number of carbonyl (C=O) groups is 3. The average Bonchev–Trinajstić information content (AvgIpc) is 2.97. The molecule has 0 radical (unpaired) electrons. The van der Waals surface area contributed by atoms with Crippen molar-refractivity contribution < 1.29 is 32.3 Å². The van der Waals surface area contributed by atoms with E-state index in [9.17, 15) is 27.6 Å². The van der Waals surface area contributed by atoms with Gasteiger partial charge >= 0.3 is 12.2 Å². The second-order valence-corrected chi connectivity index (χ2v) is 11.4. The number of β-lactam (4-membered cyclic amide) rings is 1. The predicted octanol–water partition coefficient (Wildman–Crippen LogP) is 7.18. The third-order valence-corrected chi connectivity index (χ3v) is 8.77. The van der Waals surface area contributed by atoms with Crippen molar-refractivity contribution in [3.63, 3.8) is 0 Å². The molecule has 4 amide bonds. The van der Waals surface area contributed by atoms with E-state index in [4.69, 9.17) is 4.74 Å². The van der Waals surface area contributed by atoms with E-state index in [0.717, 1.165) is 43.0 Å². The number of nitrogens with one attached hydrogen (secondary N) is 1. The lowest BCUT2D eigenvalue weighted by Crippen LogP contribution is -2.73. The van der Waals surface area contributed by atoms with Gasteiger partial charge in [-0.2, -0.15) is 13.2 Å². The van der Waals surface area contributed by atoms with E-state index in [1.807, 2.05) is 25.7 Å². The molecular formula is C32H40F3N3O4. The molecule has 0 saturated carbocycles. The van der Waals surface area contributed by atoms with Crippen molar-refractivity contribution >= 4 is 17.8 Å². The van der Waals surface area contributed by atoms with Gasteiger partial charge in [0.1, 0.15) is 11.2 Å². The Labute approximate surface area is 245 Å². The van der Waals surface area contributed by atoms with Gasteiger partial charge in [-0.05, 0) is 80.0 Å². The van der Waals surface area contributed by atoms with Crippen LogP contribution in [0.2, 0.25) is 0 Å². The quantitative estimate of drug-likeness (QED) is 0.315.